The normalized spacial score (nSPS) is 10.5. The molecule has 0 unspecified atom stereocenters. The highest BCUT2D eigenvalue weighted by atomic mass is 35.5. The van der Waals surface area contributed by atoms with E-state index in [1.807, 2.05) is 24.3 Å². The molecule has 2 N–H and O–H groups in total. The molecular weight excluding hydrogens is 305 g/mol. The van der Waals surface area contributed by atoms with Crippen molar-refractivity contribution in [3.63, 3.8) is 0 Å². The quantitative estimate of drug-likeness (QED) is 0.853. The van der Waals surface area contributed by atoms with Gasteiger partial charge < -0.3 is 10.4 Å². The Labute approximate surface area is 126 Å². The molecule has 2 nitrogen and oxygen atoms in total. The number of nitrogens with one attached hydrogen (secondary N) is 1. The largest absolute Gasteiger partial charge is 0.392 e. The monoisotopic (exact) mass is 315 g/mol. The summed E-state index contributed by atoms with van der Waals surface area (Å²) in [5.74, 6) is 0. The third-order valence-corrected chi connectivity index (χ3v) is 3.50. The van der Waals surface area contributed by atoms with E-state index in [4.69, 9.17) is 39.9 Å². The highest BCUT2D eigenvalue weighted by Gasteiger charge is 2.07. The number of benzene rings is 2. The first kappa shape index (κ1) is 14.5. The molecule has 0 heterocycles. The van der Waals surface area contributed by atoms with Gasteiger partial charge in [0.2, 0.25) is 0 Å². The Kier molecular flexibility index (Phi) is 4.94. The van der Waals surface area contributed by atoms with Crippen LogP contribution >= 0.6 is 34.8 Å². The number of hydrogen-bond donors (Lipinski definition) is 2. The summed E-state index contributed by atoms with van der Waals surface area (Å²) in [6, 6.07) is 10.9. The smallest absolute Gasteiger partial charge is 0.0722 e. The topological polar surface area (TPSA) is 32.3 Å². The molecule has 0 radical (unpaired) electrons. The number of hydrogen-bond acceptors (Lipinski definition) is 2. The van der Waals surface area contributed by atoms with Gasteiger partial charge in [-0.1, -0.05) is 59.1 Å². The molecule has 2 aromatic carbocycles. The van der Waals surface area contributed by atoms with Crippen molar-refractivity contribution in [1.29, 1.82) is 0 Å². The number of anilines is 1. The van der Waals surface area contributed by atoms with Gasteiger partial charge in [0.05, 0.1) is 22.3 Å². The minimum Gasteiger partial charge on any atom is -0.392 e. The molecule has 0 spiro atoms. The summed E-state index contributed by atoms with van der Waals surface area (Å²) < 4.78 is 0. The van der Waals surface area contributed by atoms with E-state index in [2.05, 4.69) is 5.32 Å². The molecule has 5 heteroatoms. The Morgan fingerprint density at radius 2 is 1.42 bits per heavy atom. The lowest BCUT2D eigenvalue weighted by molar-refractivity contribution is 0.282. The van der Waals surface area contributed by atoms with Gasteiger partial charge in [-0.3, -0.25) is 0 Å². The van der Waals surface area contributed by atoms with Crippen molar-refractivity contribution in [1.82, 2.24) is 0 Å². The lowest BCUT2D eigenvalue weighted by Crippen LogP contribution is -2.01. The van der Waals surface area contributed by atoms with Crippen molar-refractivity contribution in [3.8, 4) is 0 Å². The van der Waals surface area contributed by atoms with Crippen molar-refractivity contribution in [2.24, 2.45) is 0 Å². The molecule has 0 bridgehead atoms. The van der Waals surface area contributed by atoms with Gasteiger partial charge >= 0.3 is 0 Å². The van der Waals surface area contributed by atoms with Crippen molar-refractivity contribution in [2.45, 2.75) is 13.2 Å². The van der Waals surface area contributed by atoms with E-state index in [1.54, 1.807) is 12.1 Å². The van der Waals surface area contributed by atoms with Crippen LogP contribution < -0.4 is 5.32 Å². The first-order valence-electron chi connectivity index (χ1n) is 5.67. The summed E-state index contributed by atoms with van der Waals surface area (Å²) in [6.45, 7) is 0.634. The van der Waals surface area contributed by atoms with Crippen molar-refractivity contribution < 1.29 is 5.11 Å². The predicted octanol–water partition coefficient (Wildman–Crippen LogP) is 4.75. The van der Waals surface area contributed by atoms with E-state index in [9.17, 15) is 0 Å². The predicted molar refractivity (Wildman–Crippen MR) is 81.2 cm³/mol. The molecule has 100 valence electrons. The second kappa shape index (κ2) is 6.49. The van der Waals surface area contributed by atoms with E-state index < -0.39 is 0 Å². The van der Waals surface area contributed by atoms with Gasteiger partial charge in [-0.15, -0.1) is 0 Å². The molecular formula is C14H12Cl3NO. The average molecular weight is 317 g/mol. The van der Waals surface area contributed by atoms with Gasteiger partial charge in [-0.2, -0.15) is 0 Å². The molecule has 2 aromatic rings. The molecule has 0 fully saturated rings. The molecule has 0 aliphatic heterocycles. The Morgan fingerprint density at radius 1 is 0.895 bits per heavy atom. The highest BCUT2D eigenvalue weighted by Crippen LogP contribution is 2.33. The molecule has 0 aliphatic carbocycles. The molecule has 0 saturated carbocycles. The van der Waals surface area contributed by atoms with Crippen LogP contribution in [0.5, 0.6) is 0 Å². The summed E-state index contributed by atoms with van der Waals surface area (Å²) in [6.07, 6.45) is 0. The minimum absolute atomic E-state index is 0.0442. The fraction of sp³-hybridized carbons (Fsp3) is 0.143. The van der Waals surface area contributed by atoms with E-state index in [0.717, 1.165) is 11.1 Å². The standard InChI is InChI=1S/C14H12Cl3NO/c15-11-5-12(16)14(13(17)6-11)18-7-9-1-3-10(8-19)4-2-9/h1-6,18-19H,7-8H2. The molecule has 2 rings (SSSR count). The van der Waals surface area contributed by atoms with Crippen LogP contribution in [0.3, 0.4) is 0 Å². The number of aliphatic hydroxyl groups is 1. The minimum atomic E-state index is 0.0442. The fourth-order valence-corrected chi connectivity index (χ4v) is 2.61. The zero-order valence-electron chi connectivity index (χ0n) is 9.96. The molecule has 0 aliphatic rings. The molecule has 0 atom stereocenters. The Hall–Kier alpha value is -0.930. The summed E-state index contributed by atoms with van der Waals surface area (Å²) in [4.78, 5) is 0. The van der Waals surface area contributed by atoms with Crippen LogP contribution in [0.4, 0.5) is 5.69 Å². The van der Waals surface area contributed by atoms with E-state index in [-0.39, 0.29) is 6.61 Å². The van der Waals surface area contributed by atoms with Gasteiger partial charge in [0, 0.05) is 11.6 Å². The van der Waals surface area contributed by atoms with Crippen molar-refractivity contribution in [3.05, 3.63) is 62.6 Å². The van der Waals surface area contributed by atoms with E-state index >= 15 is 0 Å². The fourth-order valence-electron chi connectivity index (χ4n) is 1.66. The SMILES string of the molecule is OCc1ccc(CNc2c(Cl)cc(Cl)cc2Cl)cc1. The number of aliphatic hydroxyl groups excluding tert-OH is 1. The van der Waals surface area contributed by atoms with E-state index in [1.165, 1.54) is 0 Å². The lowest BCUT2D eigenvalue weighted by atomic mass is 10.1. The zero-order chi connectivity index (χ0) is 13.8. The van der Waals surface area contributed by atoms with Crippen LogP contribution in [0.2, 0.25) is 15.1 Å². The summed E-state index contributed by atoms with van der Waals surface area (Å²) in [7, 11) is 0. The van der Waals surface area contributed by atoms with Gasteiger partial charge in [0.1, 0.15) is 0 Å². The van der Waals surface area contributed by atoms with Gasteiger partial charge in [0.15, 0.2) is 0 Å². The first-order chi connectivity index (χ1) is 9.10. The maximum absolute atomic E-state index is 8.97. The molecule has 0 amide bonds. The van der Waals surface area contributed by atoms with Crippen LogP contribution in [0.25, 0.3) is 0 Å². The van der Waals surface area contributed by atoms with Gasteiger partial charge in [-0.05, 0) is 23.3 Å². The Balaban J connectivity index is 2.10. The van der Waals surface area contributed by atoms with Crippen molar-refractivity contribution in [2.75, 3.05) is 5.32 Å². The maximum atomic E-state index is 8.97. The second-order valence-corrected chi connectivity index (χ2v) is 5.32. The third-order valence-electron chi connectivity index (χ3n) is 2.68. The Morgan fingerprint density at radius 3 is 1.95 bits per heavy atom. The maximum Gasteiger partial charge on any atom is 0.0722 e. The van der Waals surface area contributed by atoms with Crippen LogP contribution in [0, 0.1) is 0 Å². The zero-order valence-corrected chi connectivity index (χ0v) is 12.2. The van der Waals surface area contributed by atoms with Crippen LogP contribution in [0.15, 0.2) is 36.4 Å². The summed E-state index contributed by atoms with van der Waals surface area (Å²) in [5, 5.41) is 13.6. The van der Waals surface area contributed by atoms with Gasteiger partial charge in [-0.25, -0.2) is 0 Å². The average Bonchev–Trinajstić information content (AvgIpc) is 2.38. The van der Waals surface area contributed by atoms with Crippen molar-refractivity contribution >= 4 is 40.5 Å². The van der Waals surface area contributed by atoms with E-state index in [0.29, 0.717) is 27.3 Å². The lowest BCUT2D eigenvalue weighted by Gasteiger charge is -2.11. The van der Waals surface area contributed by atoms with Crippen LogP contribution in [-0.2, 0) is 13.2 Å². The third kappa shape index (κ3) is 3.77. The first-order valence-corrected chi connectivity index (χ1v) is 6.80. The molecule has 0 aromatic heterocycles. The van der Waals surface area contributed by atoms with Crippen LogP contribution in [0.1, 0.15) is 11.1 Å². The summed E-state index contributed by atoms with van der Waals surface area (Å²) >= 11 is 18.0. The second-order valence-electron chi connectivity index (χ2n) is 4.07. The molecule has 19 heavy (non-hydrogen) atoms. The number of halogens is 3. The Bertz CT molecular complexity index is 546. The molecule has 0 saturated heterocycles. The van der Waals surface area contributed by atoms with Gasteiger partial charge in [0.25, 0.3) is 0 Å². The summed E-state index contributed by atoms with van der Waals surface area (Å²) in [5.41, 5.74) is 2.62. The number of rotatable bonds is 4. The highest BCUT2D eigenvalue weighted by molar-refractivity contribution is 6.41. The van der Waals surface area contributed by atoms with Crippen LogP contribution in [-0.4, -0.2) is 5.11 Å².